The van der Waals surface area contributed by atoms with E-state index in [9.17, 15) is 0 Å². The number of nitrogens with one attached hydrogen (secondary N) is 1. The molecule has 2 rings (SSSR count). The smallest absolute Gasteiger partial charge is 0.169 e. The van der Waals surface area contributed by atoms with Crippen molar-refractivity contribution in [3.05, 3.63) is 35.4 Å². The highest BCUT2D eigenvalue weighted by Gasteiger charge is 2.18. The number of thiocarbonyl (C=S) groups is 1. The Morgan fingerprint density at radius 1 is 1.21 bits per heavy atom. The zero-order chi connectivity index (χ0) is 17.4. The van der Waals surface area contributed by atoms with Crippen LogP contribution >= 0.6 is 12.2 Å². The van der Waals surface area contributed by atoms with E-state index in [0.717, 1.165) is 57.3 Å². The first-order valence-corrected chi connectivity index (χ1v) is 8.88. The first-order chi connectivity index (χ1) is 11.6. The van der Waals surface area contributed by atoms with E-state index in [1.54, 1.807) is 0 Å². The number of piperazine rings is 1. The fourth-order valence-corrected chi connectivity index (χ4v) is 3.04. The number of rotatable bonds is 6. The van der Waals surface area contributed by atoms with Gasteiger partial charge in [0.15, 0.2) is 5.11 Å². The molecular formula is C18H27N5S. The lowest BCUT2D eigenvalue weighted by molar-refractivity contribution is 0.174. The molecule has 0 unspecified atom stereocenters. The topological polar surface area (TPSA) is 45.5 Å². The highest BCUT2D eigenvalue weighted by atomic mass is 32.1. The highest BCUT2D eigenvalue weighted by molar-refractivity contribution is 7.80. The van der Waals surface area contributed by atoms with E-state index in [-0.39, 0.29) is 0 Å². The van der Waals surface area contributed by atoms with Gasteiger partial charge in [-0.15, -0.1) is 0 Å². The van der Waals surface area contributed by atoms with Gasteiger partial charge in [-0.25, -0.2) is 0 Å². The van der Waals surface area contributed by atoms with E-state index in [0.29, 0.717) is 5.56 Å². The Kier molecular flexibility index (Phi) is 7.44. The second-order valence-corrected chi connectivity index (χ2v) is 6.85. The molecule has 1 aromatic carbocycles. The SMILES string of the molecule is CN(C)CCCNC(=S)N1CCN(Cc2ccc(C#N)cc2)CC1. The van der Waals surface area contributed by atoms with E-state index < -0.39 is 0 Å². The van der Waals surface area contributed by atoms with E-state index >= 15 is 0 Å². The molecule has 1 fully saturated rings. The molecule has 0 bridgehead atoms. The normalized spacial score (nSPS) is 15.3. The molecule has 130 valence electrons. The van der Waals surface area contributed by atoms with E-state index in [1.807, 2.05) is 24.3 Å². The highest BCUT2D eigenvalue weighted by Crippen LogP contribution is 2.10. The molecule has 5 nitrogen and oxygen atoms in total. The first-order valence-electron chi connectivity index (χ1n) is 8.47. The van der Waals surface area contributed by atoms with Crippen LogP contribution in [-0.4, -0.2) is 73.2 Å². The van der Waals surface area contributed by atoms with Gasteiger partial charge in [-0.2, -0.15) is 5.26 Å². The molecule has 0 saturated carbocycles. The number of nitriles is 1. The number of benzene rings is 1. The molecule has 0 aliphatic carbocycles. The monoisotopic (exact) mass is 345 g/mol. The molecular weight excluding hydrogens is 318 g/mol. The largest absolute Gasteiger partial charge is 0.363 e. The van der Waals surface area contributed by atoms with Crippen LogP contribution in [0.2, 0.25) is 0 Å². The summed E-state index contributed by atoms with van der Waals surface area (Å²) in [4.78, 5) is 6.89. The van der Waals surface area contributed by atoms with Gasteiger partial charge in [-0.1, -0.05) is 12.1 Å². The molecule has 1 saturated heterocycles. The zero-order valence-corrected chi connectivity index (χ0v) is 15.5. The van der Waals surface area contributed by atoms with Crippen LogP contribution in [0, 0.1) is 11.3 Å². The van der Waals surface area contributed by atoms with Crippen LogP contribution in [0.5, 0.6) is 0 Å². The second kappa shape index (κ2) is 9.58. The maximum absolute atomic E-state index is 8.85. The van der Waals surface area contributed by atoms with Crippen molar-refractivity contribution in [3.63, 3.8) is 0 Å². The molecule has 0 atom stereocenters. The number of hydrogen-bond acceptors (Lipinski definition) is 4. The number of nitrogens with zero attached hydrogens (tertiary/aromatic N) is 4. The van der Waals surface area contributed by atoms with E-state index in [4.69, 9.17) is 17.5 Å². The van der Waals surface area contributed by atoms with Crippen molar-refractivity contribution in [2.75, 3.05) is 53.4 Å². The minimum absolute atomic E-state index is 0.717. The van der Waals surface area contributed by atoms with Gasteiger partial charge in [-0.3, -0.25) is 4.90 Å². The molecule has 0 amide bonds. The van der Waals surface area contributed by atoms with Gasteiger partial charge in [-0.05, 0) is 57.0 Å². The summed E-state index contributed by atoms with van der Waals surface area (Å²) < 4.78 is 0. The van der Waals surface area contributed by atoms with Gasteiger partial charge >= 0.3 is 0 Å². The molecule has 24 heavy (non-hydrogen) atoms. The van der Waals surface area contributed by atoms with Gasteiger partial charge in [0.05, 0.1) is 11.6 Å². The van der Waals surface area contributed by atoms with Crippen molar-refractivity contribution < 1.29 is 0 Å². The molecule has 1 heterocycles. The zero-order valence-electron chi connectivity index (χ0n) is 14.7. The molecule has 0 aromatic heterocycles. The van der Waals surface area contributed by atoms with Gasteiger partial charge in [0.1, 0.15) is 0 Å². The lowest BCUT2D eigenvalue weighted by atomic mass is 10.1. The van der Waals surface area contributed by atoms with Crippen LogP contribution < -0.4 is 5.32 Å². The van der Waals surface area contributed by atoms with Crippen molar-refractivity contribution in [1.82, 2.24) is 20.0 Å². The summed E-state index contributed by atoms with van der Waals surface area (Å²) in [6, 6.07) is 10.0. The summed E-state index contributed by atoms with van der Waals surface area (Å²) in [6.45, 7) is 6.91. The third-order valence-electron chi connectivity index (χ3n) is 4.21. The molecule has 0 radical (unpaired) electrons. The number of hydrogen-bond donors (Lipinski definition) is 1. The Labute approximate surface area is 150 Å². The lowest BCUT2D eigenvalue weighted by Crippen LogP contribution is -2.51. The average Bonchev–Trinajstić information content (AvgIpc) is 2.59. The lowest BCUT2D eigenvalue weighted by Gasteiger charge is -2.36. The van der Waals surface area contributed by atoms with Crippen LogP contribution in [0.1, 0.15) is 17.5 Å². The molecule has 1 aliphatic rings. The van der Waals surface area contributed by atoms with Crippen molar-refractivity contribution in [1.29, 1.82) is 5.26 Å². The summed E-state index contributed by atoms with van der Waals surface area (Å²) in [6.07, 6.45) is 1.10. The molecule has 0 spiro atoms. The van der Waals surface area contributed by atoms with Gasteiger partial charge in [0, 0.05) is 39.3 Å². The summed E-state index contributed by atoms with van der Waals surface area (Å²) in [7, 11) is 4.18. The van der Waals surface area contributed by atoms with Crippen LogP contribution in [0.3, 0.4) is 0 Å². The third kappa shape index (κ3) is 6.08. The Hall–Kier alpha value is -1.68. The standard InChI is InChI=1S/C18H27N5S/c1-21(2)9-3-8-20-18(24)23-12-10-22(11-13-23)15-17-6-4-16(14-19)5-7-17/h4-7H,3,8-13,15H2,1-2H3,(H,20,24). The molecule has 1 N–H and O–H groups in total. The van der Waals surface area contributed by atoms with Crippen LogP contribution in [-0.2, 0) is 6.54 Å². The summed E-state index contributed by atoms with van der Waals surface area (Å²) >= 11 is 5.50. The van der Waals surface area contributed by atoms with E-state index in [2.05, 4.69) is 40.2 Å². The van der Waals surface area contributed by atoms with Crippen LogP contribution in [0.25, 0.3) is 0 Å². The predicted molar refractivity (Wildman–Crippen MR) is 102 cm³/mol. The van der Waals surface area contributed by atoms with Crippen LogP contribution in [0.4, 0.5) is 0 Å². The quantitative estimate of drug-likeness (QED) is 0.623. The minimum atomic E-state index is 0.717. The summed E-state index contributed by atoms with van der Waals surface area (Å²) in [5.41, 5.74) is 1.97. The maximum atomic E-state index is 8.85. The fourth-order valence-electron chi connectivity index (χ4n) is 2.75. The molecule has 1 aromatic rings. The van der Waals surface area contributed by atoms with Crippen molar-refractivity contribution in [2.24, 2.45) is 0 Å². The van der Waals surface area contributed by atoms with E-state index in [1.165, 1.54) is 5.56 Å². The Morgan fingerprint density at radius 2 is 1.88 bits per heavy atom. The van der Waals surface area contributed by atoms with Crippen molar-refractivity contribution in [3.8, 4) is 6.07 Å². The third-order valence-corrected chi connectivity index (χ3v) is 4.61. The Morgan fingerprint density at radius 3 is 2.46 bits per heavy atom. The van der Waals surface area contributed by atoms with Crippen molar-refractivity contribution >= 4 is 17.3 Å². The predicted octanol–water partition coefficient (Wildman–Crippen LogP) is 1.50. The maximum Gasteiger partial charge on any atom is 0.169 e. The van der Waals surface area contributed by atoms with Gasteiger partial charge in [0.2, 0.25) is 0 Å². The average molecular weight is 346 g/mol. The van der Waals surface area contributed by atoms with Gasteiger partial charge < -0.3 is 15.1 Å². The Balaban J connectivity index is 1.68. The molecule has 1 aliphatic heterocycles. The van der Waals surface area contributed by atoms with Crippen LogP contribution in [0.15, 0.2) is 24.3 Å². The van der Waals surface area contributed by atoms with Gasteiger partial charge in [0.25, 0.3) is 0 Å². The van der Waals surface area contributed by atoms with Crippen molar-refractivity contribution in [2.45, 2.75) is 13.0 Å². The summed E-state index contributed by atoms with van der Waals surface area (Å²) in [5.74, 6) is 0. The fraction of sp³-hybridized carbons (Fsp3) is 0.556. The molecule has 6 heteroatoms. The first kappa shape index (κ1) is 18.7. The Bertz CT molecular complexity index is 556. The minimum Gasteiger partial charge on any atom is -0.363 e. The summed E-state index contributed by atoms with van der Waals surface area (Å²) in [5, 5.41) is 13.1. The second-order valence-electron chi connectivity index (χ2n) is 6.46.